The highest BCUT2D eigenvalue weighted by atomic mass is 17.2. The lowest BCUT2D eigenvalue weighted by Gasteiger charge is -2.17. The molecule has 3 rings (SSSR count). The average molecular weight is 286 g/mol. The van der Waals surface area contributed by atoms with E-state index in [1.165, 1.54) is 34.9 Å². The van der Waals surface area contributed by atoms with Crippen LogP contribution in [0.15, 0.2) is 36.4 Å². The van der Waals surface area contributed by atoms with Crippen LogP contribution in [-0.2, 0) is 39.4 Å². The molecule has 0 atom stereocenters. The minimum Gasteiger partial charge on any atom is -0.240 e. The molecule has 0 bridgehead atoms. The van der Waals surface area contributed by atoms with Crippen molar-refractivity contribution in [1.82, 2.24) is 0 Å². The number of fused-ring (bicyclic) bond motifs is 1. The summed E-state index contributed by atoms with van der Waals surface area (Å²) in [6, 6.07) is 12.7. The molecule has 0 saturated heterocycles. The first kappa shape index (κ1) is 14.2. The van der Waals surface area contributed by atoms with E-state index in [1.807, 2.05) is 0 Å². The summed E-state index contributed by atoms with van der Waals surface area (Å²) in [6.45, 7) is 3.55. The van der Waals surface area contributed by atoms with Crippen LogP contribution in [0.2, 0.25) is 0 Å². The van der Waals surface area contributed by atoms with Crippen molar-refractivity contribution in [2.45, 2.75) is 26.7 Å². The molecular weight excluding hydrogens is 268 g/mol. The van der Waals surface area contributed by atoms with E-state index in [0.29, 0.717) is 19.8 Å². The minimum atomic E-state index is 0.456. The van der Waals surface area contributed by atoms with Crippen molar-refractivity contribution in [1.29, 1.82) is 0 Å². The molecule has 2 aromatic rings. The zero-order valence-electron chi connectivity index (χ0n) is 12.2. The van der Waals surface area contributed by atoms with E-state index < -0.39 is 0 Å². The molecule has 1 heterocycles. The van der Waals surface area contributed by atoms with Gasteiger partial charge in [0.05, 0.1) is 7.11 Å². The Morgan fingerprint density at radius 3 is 2.43 bits per heavy atom. The fourth-order valence-corrected chi connectivity index (χ4v) is 2.45. The van der Waals surface area contributed by atoms with E-state index in [-0.39, 0.29) is 0 Å². The van der Waals surface area contributed by atoms with Crippen LogP contribution in [0.4, 0.5) is 0 Å². The van der Waals surface area contributed by atoms with Gasteiger partial charge in [-0.3, -0.25) is 0 Å². The zero-order chi connectivity index (χ0) is 14.7. The highest BCUT2D eigenvalue weighted by Crippen LogP contribution is 2.27. The predicted octanol–water partition coefficient (Wildman–Crippen LogP) is 3.70. The van der Waals surface area contributed by atoms with Gasteiger partial charge in [-0.25, -0.2) is 19.6 Å². The van der Waals surface area contributed by atoms with Crippen molar-refractivity contribution in [3.63, 3.8) is 0 Å². The highest BCUT2D eigenvalue weighted by Gasteiger charge is 2.12. The maximum absolute atomic E-state index is 5.04. The van der Waals surface area contributed by atoms with Crippen LogP contribution in [0.5, 0.6) is 0 Å². The highest BCUT2D eigenvalue weighted by molar-refractivity contribution is 5.66. The number of benzene rings is 2. The second-order valence-corrected chi connectivity index (χ2v) is 5.08. The fourth-order valence-electron chi connectivity index (χ4n) is 2.45. The van der Waals surface area contributed by atoms with Crippen LogP contribution in [0, 0.1) is 6.92 Å². The molecule has 110 valence electrons. The number of aryl methyl sites for hydroxylation is 1. The summed E-state index contributed by atoms with van der Waals surface area (Å²) in [6.07, 6.45) is 0. The first-order valence-corrected chi connectivity index (χ1v) is 6.89. The summed E-state index contributed by atoms with van der Waals surface area (Å²) in [5.41, 5.74) is 7.04. The minimum absolute atomic E-state index is 0.456. The van der Waals surface area contributed by atoms with Crippen LogP contribution in [0.25, 0.3) is 11.1 Å². The molecule has 2 aromatic carbocycles. The van der Waals surface area contributed by atoms with Crippen molar-refractivity contribution in [2.75, 3.05) is 7.11 Å². The van der Waals surface area contributed by atoms with E-state index in [1.54, 1.807) is 0 Å². The van der Waals surface area contributed by atoms with Gasteiger partial charge in [-0.05, 0) is 46.4 Å². The Morgan fingerprint density at radius 1 is 0.952 bits per heavy atom. The lowest BCUT2D eigenvalue weighted by Crippen LogP contribution is -2.07. The summed E-state index contributed by atoms with van der Waals surface area (Å²) in [4.78, 5) is 19.7. The Balaban J connectivity index is 1.88. The Bertz CT molecular complexity index is 637. The maximum atomic E-state index is 5.04. The molecule has 0 N–H and O–H groups in total. The number of rotatable bonds is 4. The number of hydrogen-bond donors (Lipinski definition) is 0. The normalized spacial score (nSPS) is 14.0. The van der Waals surface area contributed by atoms with Crippen molar-refractivity contribution in [2.24, 2.45) is 0 Å². The molecule has 0 saturated carbocycles. The molecule has 0 spiro atoms. The fraction of sp³-hybridized carbons (Fsp3) is 0.294. The first-order valence-electron chi connectivity index (χ1n) is 6.89. The van der Waals surface area contributed by atoms with Crippen LogP contribution in [0.3, 0.4) is 0 Å². The van der Waals surface area contributed by atoms with Gasteiger partial charge < -0.3 is 0 Å². The topological polar surface area (TPSA) is 36.9 Å². The quantitative estimate of drug-likeness (QED) is 0.634. The first-order chi connectivity index (χ1) is 10.3. The Kier molecular flexibility index (Phi) is 4.31. The Hall–Kier alpha value is -1.72. The summed E-state index contributed by atoms with van der Waals surface area (Å²) in [7, 11) is 1.52. The SMILES string of the molecule is COOCc1ccc(-c2ccc3c(c2)COOC3)cc1C. The number of hydrogen-bond acceptors (Lipinski definition) is 4. The molecule has 0 amide bonds. The third kappa shape index (κ3) is 3.14. The van der Waals surface area contributed by atoms with E-state index in [2.05, 4.69) is 48.2 Å². The molecule has 0 aliphatic carbocycles. The molecule has 0 radical (unpaired) electrons. The third-order valence-corrected chi connectivity index (χ3v) is 3.73. The monoisotopic (exact) mass is 286 g/mol. The summed E-state index contributed by atoms with van der Waals surface area (Å²) < 4.78 is 0. The van der Waals surface area contributed by atoms with Crippen molar-refractivity contribution in [3.05, 3.63) is 58.7 Å². The van der Waals surface area contributed by atoms with Crippen molar-refractivity contribution < 1.29 is 19.6 Å². The molecule has 0 unspecified atom stereocenters. The van der Waals surface area contributed by atoms with Gasteiger partial charge in [0.25, 0.3) is 0 Å². The van der Waals surface area contributed by atoms with E-state index in [4.69, 9.17) is 14.7 Å². The van der Waals surface area contributed by atoms with Gasteiger partial charge in [-0.15, -0.1) is 0 Å². The third-order valence-electron chi connectivity index (χ3n) is 3.73. The Morgan fingerprint density at radius 2 is 1.67 bits per heavy atom. The summed E-state index contributed by atoms with van der Waals surface area (Å²) in [5.74, 6) is 0. The van der Waals surface area contributed by atoms with Crippen molar-refractivity contribution in [3.8, 4) is 11.1 Å². The molecule has 4 nitrogen and oxygen atoms in total. The second-order valence-electron chi connectivity index (χ2n) is 5.08. The van der Waals surface area contributed by atoms with Gasteiger partial charge in [-0.2, -0.15) is 0 Å². The molecule has 1 aliphatic rings. The molecule has 0 aromatic heterocycles. The smallest absolute Gasteiger partial charge is 0.108 e. The molecule has 0 fully saturated rings. The van der Waals surface area contributed by atoms with E-state index >= 15 is 0 Å². The lowest BCUT2D eigenvalue weighted by molar-refractivity contribution is -0.322. The predicted molar refractivity (Wildman–Crippen MR) is 78.0 cm³/mol. The molecule has 21 heavy (non-hydrogen) atoms. The van der Waals surface area contributed by atoms with Crippen LogP contribution >= 0.6 is 0 Å². The van der Waals surface area contributed by atoms with Crippen molar-refractivity contribution >= 4 is 0 Å². The second kappa shape index (κ2) is 6.37. The van der Waals surface area contributed by atoms with Crippen LogP contribution in [-0.4, -0.2) is 7.11 Å². The van der Waals surface area contributed by atoms with E-state index in [0.717, 1.165) is 5.56 Å². The molecule has 1 aliphatic heterocycles. The van der Waals surface area contributed by atoms with Gasteiger partial charge in [-0.1, -0.05) is 30.3 Å². The molecule has 4 heteroatoms. The van der Waals surface area contributed by atoms with E-state index in [9.17, 15) is 0 Å². The van der Waals surface area contributed by atoms with Gasteiger partial charge >= 0.3 is 0 Å². The lowest BCUT2D eigenvalue weighted by atomic mass is 9.97. The van der Waals surface area contributed by atoms with Gasteiger partial charge in [0, 0.05) is 0 Å². The zero-order valence-corrected chi connectivity index (χ0v) is 12.2. The van der Waals surface area contributed by atoms with Crippen LogP contribution < -0.4 is 0 Å². The average Bonchev–Trinajstić information content (AvgIpc) is 2.53. The van der Waals surface area contributed by atoms with Gasteiger partial charge in [0.15, 0.2) is 0 Å². The molecular formula is C17H18O4. The van der Waals surface area contributed by atoms with Crippen LogP contribution in [0.1, 0.15) is 22.3 Å². The largest absolute Gasteiger partial charge is 0.240 e. The van der Waals surface area contributed by atoms with Gasteiger partial charge in [0.1, 0.15) is 19.8 Å². The maximum Gasteiger partial charge on any atom is 0.108 e. The Labute approximate surface area is 124 Å². The summed E-state index contributed by atoms with van der Waals surface area (Å²) >= 11 is 0. The standard InChI is InChI=1S/C17H18O4/c1-12-7-13(3-5-15(12)9-19-18-2)14-4-6-16-10-20-21-11-17(16)8-14/h3-8H,9-11H2,1-2H3. The summed E-state index contributed by atoms with van der Waals surface area (Å²) in [5, 5.41) is 0. The van der Waals surface area contributed by atoms with Gasteiger partial charge in [0.2, 0.25) is 0 Å².